The third kappa shape index (κ3) is 4.53. The second kappa shape index (κ2) is 7.74. The van der Waals surface area contributed by atoms with E-state index >= 15 is 0 Å². The van der Waals surface area contributed by atoms with Gasteiger partial charge in [-0.3, -0.25) is 4.98 Å². The summed E-state index contributed by atoms with van der Waals surface area (Å²) in [6.45, 7) is 5.46. The van der Waals surface area contributed by atoms with E-state index in [2.05, 4.69) is 17.2 Å². The average molecular weight is 288 g/mol. The number of hydrogen-bond donors (Lipinski definition) is 1. The summed E-state index contributed by atoms with van der Waals surface area (Å²) in [5.41, 5.74) is 1.88. The normalized spacial score (nSPS) is 12.1. The Morgan fingerprint density at radius 2 is 2.00 bits per heavy atom. The fourth-order valence-corrected chi connectivity index (χ4v) is 2.10. The third-order valence-electron chi connectivity index (χ3n) is 3.28. The van der Waals surface area contributed by atoms with Gasteiger partial charge in [0.15, 0.2) is 0 Å². The number of rotatable bonds is 7. The highest BCUT2D eigenvalue weighted by atomic mass is 19.1. The summed E-state index contributed by atoms with van der Waals surface area (Å²) in [5.74, 6) is 0.468. The maximum absolute atomic E-state index is 13.5. The Morgan fingerprint density at radius 1 is 1.24 bits per heavy atom. The molecule has 3 nitrogen and oxygen atoms in total. The molecular formula is C17H21FN2O. The minimum atomic E-state index is -0.244. The largest absolute Gasteiger partial charge is 0.489 e. The molecule has 0 fully saturated rings. The smallest absolute Gasteiger partial charge is 0.124 e. The van der Waals surface area contributed by atoms with Gasteiger partial charge in [0, 0.05) is 24.0 Å². The van der Waals surface area contributed by atoms with Gasteiger partial charge in [0.05, 0.1) is 0 Å². The molecule has 21 heavy (non-hydrogen) atoms. The molecule has 2 aromatic rings. The lowest BCUT2D eigenvalue weighted by Gasteiger charge is -2.18. The van der Waals surface area contributed by atoms with Crippen molar-refractivity contribution in [3.8, 4) is 5.75 Å². The van der Waals surface area contributed by atoms with Crippen LogP contribution >= 0.6 is 0 Å². The van der Waals surface area contributed by atoms with Crippen LogP contribution in [0.3, 0.4) is 0 Å². The molecule has 0 aliphatic carbocycles. The molecule has 1 aromatic heterocycles. The van der Waals surface area contributed by atoms with Gasteiger partial charge < -0.3 is 10.1 Å². The summed E-state index contributed by atoms with van der Waals surface area (Å²) >= 11 is 0. The van der Waals surface area contributed by atoms with Crippen LogP contribution in [0.25, 0.3) is 0 Å². The Hall–Kier alpha value is -1.94. The highest BCUT2D eigenvalue weighted by molar-refractivity contribution is 5.36. The number of nitrogens with zero attached hydrogens (tertiary/aromatic N) is 1. The number of hydrogen-bond acceptors (Lipinski definition) is 3. The topological polar surface area (TPSA) is 34.1 Å². The lowest BCUT2D eigenvalue weighted by Crippen LogP contribution is -2.20. The molecule has 0 radical (unpaired) electrons. The fourth-order valence-electron chi connectivity index (χ4n) is 2.10. The summed E-state index contributed by atoms with van der Waals surface area (Å²) in [5, 5.41) is 3.36. The molecule has 4 heteroatoms. The summed E-state index contributed by atoms with van der Waals surface area (Å²) < 4.78 is 19.3. The van der Waals surface area contributed by atoms with Gasteiger partial charge in [0.2, 0.25) is 0 Å². The van der Waals surface area contributed by atoms with Crippen molar-refractivity contribution < 1.29 is 9.13 Å². The van der Waals surface area contributed by atoms with E-state index < -0.39 is 0 Å². The Bertz CT molecular complexity index is 560. The number of pyridine rings is 1. The van der Waals surface area contributed by atoms with E-state index in [4.69, 9.17) is 4.74 Å². The Kier molecular flexibility index (Phi) is 5.69. The molecule has 0 aliphatic rings. The first-order chi connectivity index (χ1) is 10.2. The van der Waals surface area contributed by atoms with Crippen LogP contribution in [-0.2, 0) is 6.61 Å². The average Bonchev–Trinajstić information content (AvgIpc) is 2.52. The summed E-state index contributed by atoms with van der Waals surface area (Å²) in [6.07, 6.45) is 4.50. The molecule has 0 amide bonds. The van der Waals surface area contributed by atoms with Crippen molar-refractivity contribution in [2.24, 2.45) is 0 Å². The number of aromatic nitrogens is 1. The van der Waals surface area contributed by atoms with Crippen LogP contribution in [0.2, 0.25) is 0 Å². The van der Waals surface area contributed by atoms with Gasteiger partial charge in [0.1, 0.15) is 18.2 Å². The minimum absolute atomic E-state index is 0.0492. The predicted octanol–water partition coefficient (Wildman–Crippen LogP) is 3.86. The van der Waals surface area contributed by atoms with E-state index in [-0.39, 0.29) is 11.9 Å². The predicted molar refractivity (Wildman–Crippen MR) is 81.7 cm³/mol. The zero-order valence-electron chi connectivity index (χ0n) is 12.5. The quantitative estimate of drug-likeness (QED) is 0.840. The van der Waals surface area contributed by atoms with Crippen LogP contribution in [0.15, 0.2) is 42.7 Å². The van der Waals surface area contributed by atoms with Gasteiger partial charge in [-0.1, -0.05) is 6.92 Å². The first-order valence-corrected chi connectivity index (χ1v) is 7.25. The van der Waals surface area contributed by atoms with E-state index in [1.165, 1.54) is 12.1 Å². The summed E-state index contributed by atoms with van der Waals surface area (Å²) in [6, 6.07) is 8.51. The van der Waals surface area contributed by atoms with Gasteiger partial charge in [-0.25, -0.2) is 4.39 Å². The number of benzene rings is 1. The number of halogens is 1. The van der Waals surface area contributed by atoms with Crippen LogP contribution in [0.4, 0.5) is 4.39 Å². The second-order valence-electron chi connectivity index (χ2n) is 5.00. The highest BCUT2D eigenvalue weighted by Gasteiger charge is 2.12. The molecule has 1 aromatic carbocycles. The number of ether oxygens (including phenoxy) is 1. The third-order valence-corrected chi connectivity index (χ3v) is 3.28. The SMILES string of the molecule is CCCNC(C)c1cc(F)ccc1OCc1ccncc1. The Balaban J connectivity index is 2.11. The van der Waals surface area contributed by atoms with Crippen LogP contribution < -0.4 is 10.1 Å². The van der Waals surface area contributed by atoms with Gasteiger partial charge in [-0.15, -0.1) is 0 Å². The summed E-state index contributed by atoms with van der Waals surface area (Å²) in [7, 11) is 0. The van der Waals surface area contributed by atoms with Crippen molar-refractivity contribution in [1.82, 2.24) is 10.3 Å². The molecular weight excluding hydrogens is 267 g/mol. The highest BCUT2D eigenvalue weighted by Crippen LogP contribution is 2.27. The van der Waals surface area contributed by atoms with Crippen LogP contribution in [-0.4, -0.2) is 11.5 Å². The van der Waals surface area contributed by atoms with E-state index in [0.29, 0.717) is 12.4 Å². The Labute approximate surface area is 125 Å². The molecule has 2 rings (SSSR count). The minimum Gasteiger partial charge on any atom is -0.489 e. The van der Waals surface area contributed by atoms with Crippen molar-refractivity contribution in [2.75, 3.05) is 6.54 Å². The molecule has 112 valence electrons. The molecule has 0 aliphatic heterocycles. The van der Waals surface area contributed by atoms with Gasteiger partial charge >= 0.3 is 0 Å². The van der Waals surface area contributed by atoms with Crippen LogP contribution in [0.5, 0.6) is 5.75 Å². The van der Waals surface area contributed by atoms with Crippen molar-refractivity contribution in [3.05, 3.63) is 59.7 Å². The van der Waals surface area contributed by atoms with Crippen molar-refractivity contribution >= 4 is 0 Å². The zero-order valence-corrected chi connectivity index (χ0v) is 12.5. The Morgan fingerprint density at radius 3 is 2.71 bits per heavy atom. The monoisotopic (exact) mass is 288 g/mol. The van der Waals surface area contributed by atoms with Crippen molar-refractivity contribution in [2.45, 2.75) is 32.9 Å². The first kappa shape index (κ1) is 15.4. The lowest BCUT2D eigenvalue weighted by atomic mass is 10.1. The standard InChI is InChI=1S/C17H21FN2O/c1-3-8-20-13(2)16-11-15(18)4-5-17(16)21-12-14-6-9-19-10-7-14/h4-7,9-11,13,20H,3,8,12H2,1-2H3. The van der Waals surface area contributed by atoms with E-state index in [9.17, 15) is 4.39 Å². The van der Waals surface area contributed by atoms with E-state index in [1.54, 1.807) is 18.5 Å². The molecule has 0 bridgehead atoms. The number of nitrogens with one attached hydrogen (secondary N) is 1. The molecule has 0 saturated carbocycles. The lowest BCUT2D eigenvalue weighted by molar-refractivity contribution is 0.299. The van der Waals surface area contributed by atoms with Gasteiger partial charge in [0.25, 0.3) is 0 Å². The van der Waals surface area contributed by atoms with E-state index in [0.717, 1.165) is 24.1 Å². The maximum Gasteiger partial charge on any atom is 0.124 e. The van der Waals surface area contributed by atoms with Crippen molar-refractivity contribution in [1.29, 1.82) is 0 Å². The zero-order chi connectivity index (χ0) is 15.1. The van der Waals surface area contributed by atoms with Crippen LogP contribution in [0.1, 0.15) is 37.4 Å². The molecule has 1 heterocycles. The van der Waals surface area contributed by atoms with Crippen molar-refractivity contribution in [3.63, 3.8) is 0 Å². The first-order valence-electron chi connectivity index (χ1n) is 7.25. The van der Waals surface area contributed by atoms with E-state index in [1.807, 2.05) is 19.1 Å². The molecule has 0 saturated heterocycles. The molecule has 1 unspecified atom stereocenters. The molecule has 1 N–H and O–H groups in total. The molecule has 0 spiro atoms. The van der Waals surface area contributed by atoms with Gasteiger partial charge in [-0.05, 0) is 55.8 Å². The van der Waals surface area contributed by atoms with Gasteiger partial charge in [-0.2, -0.15) is 0 Å². The fraction of sp³-hybridized carbons (Fsp3) is 0.353. The maximum atomic E-state index is 13.5. The van der Waals surface area contributed by atoms with Crippen LogP contribution in [0, 0.1) is 5.82 Å². The molecule has 1 atom stereocenters. The summed E-state index contributed by atoms with van der Waals surface area (Å²) in [4.78, 5) is 3.98. The second-order valence-corrected chi connectivity index (χ2v) is 5.00.